The van der Waals surface area contributed by atoms with Gasteiger partial charge in [0, 0.05) is 0 Å². The molecule has 0 aliphatic rings. The molecule has 0 aliphatic heterocycles. The average Bonchev–Trinajstić information content (AvgIpc) is 2.50. The highest BCUT2D eigenvalue weighted by Crippen LogP contribution is 2.21. The van der Waals surface area contributed by atoms with Crippen LogP contribution >= 0.6 is 11.6 Å². The zero-order valence-electron chi connectivity index (χ0n) is 13.6. The molecule has 0 atom stereocenters. The zero-order valence-corrected chi connectivity index (χ0v) is 15.2. The normalized spacial score (nSPS) is 11.3. The van der Waals surface area contributed by atoms with Gasteiger partial charge in [-0.25, -0.2) is 9.38 Å². The van der Waals surface area contributed by atoms with Crippen LogP contribution in [0.25, 0.3) is 0 Å². The SMILES string of the molecule is Cc1ccc(S(=O)(=O)O)cc1.NC(N)=NC(N)=Nc1ccc(F)c(Cl)c1. The molecule has 0 aliphatic carbocycles. The quantitative estimate of drug-likeness (QED) is 0.342. The summed E-state index contributed by atoms with van der Waals surface area (Å²) < 4.78 is 42.3. The molecule has 2 aromatic carbocycles. The van der Waals surface area contributed by atoms with E-state index in [2.05, 4.69) is 9.98 Å². The standard InChI is InChI=1S/C8H9ClFN5.C7H8O3S/c9-5-3-4(1-2-6(5)10)14-8(13)15-7(11)12;1-6-2-4-7(5-3-6)11(8,9)10/h1-3H,(H6,11,12,13,14,15);2-5H,1H3,(H,8,9,10). The highest BCUT2D eigenvalue weighted by atomic mass is 35.5. The van der Waals surface area contributed by atoms with E-state index in [0.29, 0.717) is 5.69 Å². The number of nitrogens with zero attached hydrogens (tertiary/aromatic N) is 2. The Kier molecular flexibility index (Phi) is 7.50. The number of guanidine groups is 2. The maximum atomic E-state index is 12.8. The molecule has 0 saturated carbocycles. The number of aryl methyl sites for hydroxylation is 1. The molecule has 7 N–H and O–H groups in total. The van der Waals surface area contributed by atoms with Crippen molar-refractivity contribution in [1.29, 1.82) is 0 Å². The van der Waals surface area contributed by atoms with Crippen molar-refractivity contribution in [2.45, 2.75) is 11.8 Å². The molecule has 0 bridgehead atoms. The minimum Gasteiger partial charge on any atom is -0.370 e. The highest BCUT2D eigenvalue weighted by molar-refractivity contribution is 7.85. The summed E-state index contributed by atoms with van der Waals surface area (Å²) in [6.45, 7) is 1.84. The van der Waals surface area contributed by atoms with E-state index in [0.717, 1.165) is 5.56 Å². The molecule has 8 nitrogen and oxygen atoms in total. The van der Waals surface area contributed by atoms with Gasteiger partial charge < -0.3 is 17.2 Å². The number of nitrogens with two attached hydrogens (primary N) is 3. The van der Waals surface area contributed by atoms with Gasteiger partial charge >= 0.3 is 0 Å². The maximum absolute atomic E-state index is 12.8. The summed E-state index contributed by atoms with van der Waals surface area (Å²) >= 11 is 5.53. The Bertz CT molecular complexity index is 927. The lowest BCUT2D eigenvalue weighted by Gasteiger charge is -1.97. The van der Waals surface area contributed by atoms with Crippen molar-refractivity contribution < 1.29 is 17.4 Å². The second-order valence-electron chi connectivity index (χ2n) is 4.89. The lowest BCUT2D eigenvalue weighted by molar-refractivity contribution is 0.483. The van der Waals surface area contributed by atoms with E-state index in [1.165, 1.54) is 30.3 Å². The van der Waals surface area contributed by atoms with Crippen molar-refractivity contribution in [3.8, 4) is 0 Å². The topological polar surface area (TPSA) is 157 Å². The van der Waals surface area contributed by atoms with E-state index in [-0.39, 0.29) is 21.8 Å². The van der Waals surface area contributed by atoms with Gasteiger partial charge in [-0.15, -0.1) is 0 Å². The van der Waals surface area contributed by atoms with E-state index in [9.17, 15) is 12.8 Å². The van der Waals surface area contributed by atoms with E-state index in [1.54, 1.807) is 12.1 Å². The average molecular weight is 402 g/mol. The predicted molar refractivity (Wildman–Crippen MR) is 99.5 cm³/mol. The Hall–Kier alpha value is -2.69. The predicted octanol–water partition coefficient (Wildman–Crippen LogP) is 1.94. The molecule has 11 heteroatoms. The van der Waals surface area contributed by atoms with Gasteiger partial charge in [-0.2, -0.15) is 13.4 Å². The summed E-state index contributed by atoms with van der Waals surface area (Å²) in [4.78, 5) is 7.22. The lowest BCUT2D eigenvalue weighted by Crippen LogP contribution is -2.26. The fraction of sp³-hybridized carbons (Fsp3) is 0.0667. The molecule has 0 unspecified atom stereocenters. The van der Waals surface area contributed by atoms with Crippen molar-refractivity contribution >= 4 is 39.3 Å². The summed E-state index contributed by atoms with van der Waals surface area (Å²) in [7, 11) is -4.02. The van der Waals surface area contributed by atoms with Crippen LogP contribution in [0.2, 0.25) is 5.02 Å². The third-order valence-corrected chi connectivity index (χ3v) is 3.87. The number of benzene rings is 2. The van der Waals surface area contributed by atoms with Crippen molar-refractivity contribution in [1.82, 2.24) is 0 Å². The van der Waals surface area contributed by atoms with Crippen molar-refractivity contribution in [3.63, 3.8) is 0 Å². The molecule has 0 heterocycles. The second kappa shape index (κ2) is 9.13. The molecule has 26 heavy (non-hydrogen) atoms. The third-order valence-electron chi connectivity index (χ3n) is 2.71. The fourth-order valence-electron chi connectivity index (χ4n) is 1.55. The number of rotatable bonds is 2. The van der Waals surface area contributed by atoms with Gasteiger partial charge in [-0.3, -0.25) is 4.55 Å². The zero-order chi connectivity index (χ0) is 19.9. The summed E-state index contributed by atoms with van der Waals surface area (Å²) in [5, 5.41) is -0.0475. The smallest absolute Gasteiger partial charge is 0.294 e. The molecule has 0 fully saturated rings. The number of halogens is 2. The molecule has 140 valence electrons. The Morgan fingerprint density at radius 3 is 2.15 bits per heavy atom. The molecule has 0 saturated heterocycles. The van der Waals surface area contributed by atoms with Crippen molar-refractivity contribution in [2.24, 2.45) is 27.2 Å². The molecular weight excluding hydrogens is 385 g/mol. The minimum atomic E-state index is -4.02. The third kappa shape index (κ3) is 7.47. The fourth-order valence-corrected chi connectivity index (χ4v) is 2.21. The molecule has 0 amide bonds. The highest BCUT2D eigenvalue weighted by Gasteiger charge is 2.06. The lowest BCUT2D eigenvalue weighted by atomic mass is 10.2. The van der Waals surface area contributed by atoms with Crippen LogP contribution in [0.15, 0.2) is 57.3 Å². The van der Waals surface area contributed by atoms with Crippen molar-refractivity contribution in [3.05, 3.63) is 58.9 Å². The van der Waals surface area contributed by atoms with Gasteiger partial charge in [-0.05, 0) is 37.3 Å². The van der Waals surface area contributed by atoms with Gasteiger partial charge in [-0.1, -0.05) is 29.3 Å². The van der Waals surface area contributed by atoms with E-state index in [4.69, 9.17) is 33.4 Å². The van der Waals surface area contributed by atoms with E-state index >= 15 is 0 Å². The van der Waals surface area contributed by atoms with Crippen LogP contribution in [0.4, 0.5) is 10.1 Å². The number of hydrogen-bond acceptors (Lipinski definition) is 3. The van der Waals surface area contributed by atoms with Gasteiger partial charge in [0.15, 0.2) is 5.96 Å². The Labute approximate surface area is 154 Å². The van der Waals surface area contributed by atoms with Crippen LogP contribution in [-0.4, -0.2) is 24.9 Å². The number of hydrogen-bond donors (Lipinski definition) is 4. The summed E-state index contributed by atoms with van der Waals surface area (Å²) in [5.41, 5.74) is 16.8. The van der Waals surface area contributed by atoms with Crippen LogP contribution in [0.3, 0.4) is 0 Å². The van der Waals surface area contributed by atoms with E-state index in [1.807, 2.05) is 6.92 Å². The molecule has 0 aromatic heterocycles. The maximum Gasteiger partial charge on any atom is 0.294 e. The number of aliphatic imine (C=N–C) groups is 2. The molecule has 0 spiro atoms. The van der Waals surface area contributed by atoms with Gasteiger partial charge in [0.2, 0.25) is 5.96 Å². The molecule has 2 aromatic rings. The van der Waals surface area contributed by atoms with Crippen LogP contribution < -0.4 is 17.2 Å². The van der Waals surface area contributed by atoms with Crippen molar-refractivity contribution in [2.75, 3.05) is 0 Å². The van der Waals surface area contributed by atoms with Crippen LogP contribution in [0.5, 0.6) is 0 Å². The largest absolute Gasteiger partial charge is 0.370 e. The molecule has 0 radical (unpaired) electrons. The first-order valence-electron chi connectivity index (χ1n) is 6.92. The Morgan fingerprint density at radius 1 is 1.12 bits per heavy atom. The van der Waals surface area contributed by atoms with E-state index < -0.39 is 15.9 Å². The van der Waals surface area contributed by atoms with Gasteiger partial charge in [0.1, 0.15) is 5.82 Å². The molecule has 2 rings (SSSR count). The Morgan fingerprint density at radius 2 is 1.69 bits per heavy atom. The van der Waals surface area contributed by atoms with Gasteiger partial charge in [0.25, 0.3) is 10.1 Å². The minimum absolute atomic E-state index is 0.0475. The summed E-state index contributed by atoms with van der Waals surface area (Å²) in [6.07, 6.45) is 0. The Balaban J connectivity index is 0.000000273. The van der Waals surface area contributed by atoms with Crippen LogP contribution in [0.1, 0.15) is 5.56 Å². The first kappa shape index (κ1) is 21.4. The van der Waals surface area contributed by atoms with Crippen LogP contribution in [0, 0.1) is 12.7 Å². The van der Waals surface area contributed by atoms with Crippen LogP contribution in [-0.2, 0) is 10.1 Å². The first-order chi connectivity index (χ1) is 12.0. The molecular formula is C15H17ClFN5O3S. The summed E-state index contributed by atoms with van der Waals surface area (Å²) in [6, 6.07) is 9.87. The second-order valence-corrected chi connectivity index (χ2v) is 6.72. The monoisotopic (exact) mass is 401 g/mol. The van der Waals surface area contributed by atoms with Gasteiger partial charge in [0.05, 0.1) is 15.6 Å². The first-order valence-corrected chi connectivity index (χ1v) is 8.74. The summed E-state index contributed by atoms with van der Waals surface area (Å²) in [5.74, 6) is -0.863.